The van der Waals surface area contributed by atoms with E-state index in [0.717, 1.165) is 6.54 Å². The van der Waals surface area contributed by atoms with Gasteiger partial charge in [-0.05, 0) is 12.5 Å². The van der Waals surface area contributed by atoms with Crippen molar-refractivity contribution in [3.63, 3.8) is 0 Å². The van der Waals surface area contributed by atoms with Gasteiger partial charge in [0, 0.05) is 28.8 Å². The number of hydrogen-bond donors (Lipinski definition) is 1. The Morgan fingerprint density at radius 1 is 1.46 bits per heavy atom. The number of carbonyl (C=O) groups excluding carboxylic acids is 1. The maximum absolute atomic E-state index is 11.5. The SMILES string of the molecule is C[C@@H]1CNC[C@H]1C(=O)N=S(C)(C)=O. The fourth-order valence-electron chi connectivity index (χ4n) is 1.43. The maximum atomic E-state index is 11.5. The predicted molar refractivity (Wildman–Crippen MR) is 52.9 cm³/mol. The molecule has 0 aromatic rings. The first-order chi connectivity index (χ1) is 5.90. The summed E-state index contributed by atoms with van der Waals surface area (Å²) in [5.74, 6) is 0.00576. The summed E-state index contributed by atoms with van der Waals surface area (Å²) in [6, 6.07) is 0. The van der Waals surface area contributed by atoms with Gasteiger partial charge in [-0.25, -0.2) is 4.21 Å². The Balaban J connectivity index is 2.74. The Morgan fingerprint density at radius 3 is 2.46 bits per heavy atom. The van der Waals surface area contributed by atoms with Crippen molar-refractivity contribution in [2.24, 2.45) is 16.2 Å². The van der Waals surface area contributed by atoms with Crippen molar-refractivity contribution in [2.45, 2.75) is 6.92 Å². The first-order valence-electron chi connectivity index (χ1n) is 4.32. The van der Waals surface area contributed by atoms with Gasteiger partial charge in [0.2, 0.25) is 0 Å². The molecular weight excluding hydrogens is 188 g/mol. The van der Waals surface area contributed by atoms with E-state index < -0.39 is 9.73 Å². The molecule has 1 heterocycles. The molecule has 0 aliphatic carbocycles. The Morgan fingerprint density at radius 2 is 2.08 bits per heavy atom. The van der Waals surface area contributed by atoms with E-state index in [1.165, 1.54) is 12.5 Å². The summed E-state index contributed by atoms with van der Waals surface area (Å²) in [6.45, 7) is 3.52. The highest BCUT2D eigenvalue weighted by Crippen LogP contribution is 2.17. The van der Waals surface area contributed by atoms with Gasteiger partial charge >= 0.3 is 0 Å². The van der Waals surface area contributed by atoms with Gasteiger partial charge in [-0.1, -0.05) is 6.92 Å². The normalized spacial score (nSPS) is 28.8. The number of carbonyl (C=O) groups is 1. The van der Waals surface area contributed by atoms with Crippen molar-refractivity contribution >= 4 is 15.6 Å². The first kappa shape index (κ1) is 10.7. The zero-order valence-electron chi connectivity index (χ0n) is 8.24. The summed E-state index contributed by atoms with van der Waals surface area (Å²) in [6.07, 6.45) is 2.97. The predicted octanol–water partition coefficient (Wildman–Crippen LogP) is 0.0961. The molecule has 1 amide bonds. The lowest BCUT2D eigenvalue weighted by atomic mass is 9.98. The Kier molecular flexibility index (Phi) is 3.08. The van der Waals surface area contributed by atoms with Crippen molar-refractivity contribution in [2.75, 3.05) is 25.6 Å². The summed E-state index contributed by atoms with van der Waals surface area (Å²) in [7, 11) is -2.29. The molecule has 0 aromatic carbocycles. The summed E-state index contributed by atoms with van der Waals surface area (Å²) in [4.78, 5) is 11.5. The number of nitrogens with one attached hydrogen (secondary N) is 1. The van der Waals surface area contributed by atoms with E-state index in [2.05, 4.69) is 9.68 Å². The maximum Gasteiger partial charge on any atom is 0.258 e. The van der Waals surface area contributed by atoms with Crippen molar-refractivity contribution < 1.29 is 9.00 Å². The number of rotatable bonds is 1. The molecule has 1 saturated heterocycles. The second kappa shape index (κ2) is 3.75. The zero-order chi connectivity index (χ0) is 10.1. The summed E-state index contributed by atoms with van der Waals surface area (Å²) in [5.41, 5.74) is 0. The van der Waals surface area contributed by atoms with Gasteiger partial charge in [0.15, 0.2) is 0 Å². The third kappa shape index (κ3) is 3.08. The van der Waals surface area contributed by atoms with Gasteiger partial charge in [-0.2, -0.15) is 4.36 Å². The number of amides is 1. The van der Waals surface area contributed by atoms with E-state index >= 15 is 0 Å². The molecular formula is C8H16N2O2S. The van der Waals surface area contributed by atoms with E-state index in [9.17, 15) is 9.00 Å². The first-order valence-corrected chi connectivity index (χ1v) is 6.65. The quantitative estimate of drug-likeness (QED) is 0.659. The van der Waals surface area contributed by atoms with Gasteiger partial charge < -0.3 is 5.32 Å². The lowest BCUT2D eigenvalue weighted by Gasteiger charge is -2.08. The van der Waals surface area contributed by atoms with Crippen molar-refractivity contribution in [1.82, 2.24) is 5.32 Å². The Labute approximate surface area is 79.3 Å². The van der Waals surface area contributed by atoms with Crippen LogP contribution in [0.2, 0.25) is 0 Å². The van der Waals surface area contributed by atoms with Crippen LogP contribution in [0.4, 0.5) is 0 Å². The minimum atomic E-state index is -2.29. The fraction of sp³-hybridized carbons (Fsp3) is 0.875. The van der Waals surface area contributed by atoms with Crippen LogP contribution in [0.1, 0.15) is 6.92 Å². The van der Waals surface area contributed by atoms with Crippen LogP contribution in [0, 0.1) is 11.8 Å². The molecule has 76 valence electrons. The minimum Gasteiger partial charge on any atom is -0.316 e. The molecule has 1 fully saturated rings. The van der Waals surface area contributed by atoms with E-state index in [0.29, 0.717) is 12.5 Å². The van der Waals surface area contributed by atoms with Crippen molar-refractivity contribution in [3.8, 4) is 0 Å². The third-order valence-corrected chi connectivity index (χ3v) is 2.76. The standard InChI is InChI=1S/C8H16N2O2S/c1-6-4-9-5-7(6)8(11)10-13(2,3)12/h6-7,9H,4-5H2,1-3H3/t6-,7-/m1/s1. The number of nitrogens with zero attached hydrogens (tertiary/aromatic N) is 1. The zero-order valence-corrected chi connectivity index (χ0v) is 9.06. The van der Waals surface area contributed by atoms with Gasteiger partial charge in [0.25, 0.3) is 5.91 Å². The topological polar surface area (TPSA) is 58.5 Å². The molecule has 1 aliphatic rings. The lowest BCUT2D eigenvalue weighted by Crippen LogP contribution is -2.20. The molecule has 5 heteroatoms. The van der Waals surface area contributed by atoms with Crippen LogP contribution in [-0.2, 0) is 14.5 Å². The largest absolute Gasteiger partial charge is 0.316 e. The van der Waals surface area contributed by atoms with Crippen LogP contribution < -0.4 is 5.32 Å². The average molecular weight is 204 g/mol. The monoisotopic (exact) mass is 204 g/mol. The number of hydrogen-bond acceptors (Lipinski definition) is 3. The molecule has 0 spiro atoms. The van der Waals surface area contributed by atoms with Crippen LogP contribution in [0.15, 0.2) is 4.36 Å². The molecule has 0 aromatic heterocycles. The fourth-order valence-corrected chi connectivity index (χ4v) is 1.99. The van der Waals surface area contributed by atoms with Crippen LogP contribution in [0.3, 0.4) is 0 Å². The van der Waals surface area contributed by atoms with Gasteiger partial charge in [-0.15, -0.1) is 0 Å². The molecule has 0 bridgehead atoms. The van der Waals surface area contributed by atoms with Crippen LogP contribution in [0.5, 0.6) is 0 Å². The van der Waals surface area contributed by atoms with E-state index in [1.807, 2.05) is 6.92 Å². The summed E-state index contributed by atoms with van der Waals surface area (Å²) >= 11 is 0. The van der Waals surface area contributed by atoms with Crippen molar-refractivity contribution in [1.29, 1.82) is 0 Å². The van der Waals surface area contributed by atoms with Gasteiger partial charge in [0.05, 0.1) is 5.92 Å². The smallest absolute Gasteiger partial charge is 0.258 e. The second-order valence-corrected chi connectivity index (χ2v) is 6.40. The van der Waals surface area contributed by atoms with Gasteiger partial charge in [-0.3, -0.25) is 4.79 Å². The molecule has 4 nitrogen and oxygen atoms in total. The summed E-state index contributed by atoms with van der Waals surface area (Å²) < 4.78 is 14.9. The summed E-state index contributed by atoms with van der Waals surface area (Å²) in [5, 5.41) is 3.12. The lowest BCUT2D eigenvalue weighted by molar-refractivity contribution is -0.121. The Bertz CT molecular complexity index is 310. The molecule has 1 N–H and O–H groups in total. The average Bonchev–Trinajstić information content (AvgIpc) is 2.30. The van der Waals surface area contributed by atoms with E-state index in [1.54, 1.807) is 0 Å². The molecule has 0 radical (unpaired) electrons. The molecule has 13 heavy (non-hydrogen) atoms. The molecule has 0 saturated carbocycles. The van der Waals surface area contributed by atoms with Crippen LogP contribution in [-0.4, -0.2) is 35.7 Å². The van der Waals surface area contributed by atoms with E-state index in [4.69, 9.17) is 0 Å². The molecule has 1 aliphatic heterocycles. The highest BCUT2D eigenvalue weighted by atomic mass is 32.2. The third-order valence-electron chi connectivity index (χ3n) is 2.14. The van der Waals surface area contributed by atoms with E-state index in [-0.39, 0.29) is 11.8 Å². The molecule has 1 rings (SSSR count). The Hall–Kier alpha value is -0.420. The highest BCUT2D eigenvalue weighted by Gasteiger charge is 2.29. The van der Waals surface area contributed by atoms with Crippen LogP contribution in [0.25, 0.3) is 0 Å². The highest BCUT2D eigenvalue weighted by molar-refractivity contribution is 7.92. The minimum absolute atomic E-state index is 0.0827. The second-order valence-electron chi connectivity index (χ2n) is 3.85. The van der Waals surface area contributed by atoms with Crippen molar-refractivity contribution in [3.05, 3.63) is 0 Å². The molecule has 2 atom stereocenters. The molecule has 0 unspecified atom stereocenters. The van der Waals surface area contributed by atoms with Gasteiger partial charge in [0.1, 0.15) is 0 Å². The van der Waals surface area contributed by atoms with Crippen LogP contribution >= 0.6 is 0 Å².